The molecular formula is C23H28N3O2PS. The minimum Gasteiger partial charge on any atom is -0.333 e. The number of fused-ring (bicyclic) bond motifs is 3. The molecule has 0 radical (unpaired) electrons. The van der Waals surface area contributed by atoms with Crippen LogP contribution in [0, 0.1) is 0 Å². The molecular weight excluding hydrogens is 413 g/mol. The second-order valence-corrected chi connectivity index (χ2v) is 9.13. The van der Waals surface area contributed by atoms with Crippen molar-refractivity contribution in [2.75, 3.05) is 7.05 Å². The molecule has 5 nitrogen and oxygen atoms in total. The molecule has 1 unspecified atom stereocenters. The van der Waals surface area contributed by atoms with Crippen LogP contribution in [-0.4, -0.2) is 28.9 Å². The summed E-state index contributed by atoms with van der Waals surface area (Å²) in [6, 6.07) is 16.6. The Kier molecular flexibility index (Phi) is 9.31. The fraction of sp³-hybridized carbons (Fsp3) is 0.261. The van der Waals surface area contributed by atoms with Crippen molar-refractivity contribution in [1.29, 1.82) is 0 Å². The van der Waals surface area contributed by atoms with Gasteiger partial charge in [-0.1, -0.05) is 50.2 Å². The van der Waals surface area contributed by atoms with Crippen molar-refractivity contribution >= 4 is 54.0 Å². The Morgan fingerprint density at radius 2 is 1.60 bits per heavy atom. The summed E-state index contributed by atoms with van der Waals surface area (Å²) in [6.45, 7) is 6.74. The summed E-state index contributed by atoms with van der Waals surface area (Å²) >= 11 is 1.73. The highest BCUT2D eigenvalue weighted by Gasteiger charge is 2.13. The van der Waals surface area contributed by atoms with Gasteiger partial charge in [0.1, 0.15) is 6.79 Å². The minimum absolute atomic E-state index is 0.281. The van der Waals surface area contributed by atoms with E-state index in [0.29, 0.717) is 12.5 Å². The fourth-order valence-electron chi connectivity index (χ4n) is 3.23. The Bertz CT molecular complexity index is 1050. The van der Waals surface area contributed by atoms with Crippen LogP contribution in [0.5, 0.6) is 0 Å². The summed E-state index contributed by atoms with van der Waals surface area (Å²) in [6.07, 6.45) is 2.74. The predicted molar refractivity (Wildman–Crippen MR) is 130 cm³/mol. The second kappa shape index (κ2) is 11.7. The lowest BCUT2D eigenvalue weighted by Gasteiger charge is -2.06. The molecule has 4 rings (SSSR count). The number of thiazole rings is 1. The van der Waals surface area contributed by atoms with Gasteiger partial charge in [-0.3, -0.25) is 4.79 Å². The Morgan fingerprint density at radius 1 is 1.07 bits per heavy atom. The smallest absolute Gasteiger partial charge is 0.171 e. The SMILES string of the molecule is C=O.CC(C)c1ncc(CPC(=O)Cn2c3ccccc3c3ccccc32)s1.CN. The van der Waals surface area contributed by atoms with Crippen LogP contribution in [0.3, 0.4) is 0 Å². The number of hydrogen-bond acceptors (Lipinski definition) is 5. The maximum Gasteiger partial charge on any atom is 0.171 e. The van der Waals surface area contributed by atoms with Gasteiger partial charge >= 0.3 is 0 Å². The van der Waals surface area contributed by atoms with Gasteiger partial charge in [0.25, 0.3) is 0 Å². The number of nitrogens with zero attached hydrogens (tertiary/aromatic N) is 2. The molecule has 4 aromatic rings. The molecule has 0 aliphatic heterocycles. The molecule has 7 heteroatoms. The number of aromatic nitrogens is 2. The van der Waals surface area contributed by atoms with Gasteiger partial charge in [0, 0.05) is 45.0 Å². The van der Waals surface area contributed by atoms with E-state index in [9.17, 15) is 4.79 Å². The van der Waals surface area contributed by atoms with E-state index in [0.717, 1.165) is 22.2 Å². The predicted octanol–water partition coefficient (Wildman–Crippen LogP) is 5.17. The first-order valence-electron chi connectivity index (χ1n) is 9.67. The van der Waals surface area contributed by atoms with Crippen LogP contribution >= 0.6 is 19.9 Å². The summed E-state index contributed by atoms with van der Waals surface area (Å²) in [5, 5.41) is 3.58. The van der Waals surface area contributed by atoms with Gasteiger partial charge in [-0.05, 0) is 27.8 Å². The van der Waals surface area contributed by atoms with Crippen molar-refractivity contribution in [3.8, 4) is 0 Å². The molecule has 0 amide bonds. The van der Waals surface area contributed by atoms with Gasteiger partial charge in [0.15, 0.2) is 5.52 Å². The number of hydrogen-bond donors (Lipinski definition) is 1. The Hall–Kier alpha value is -2.40. The van der Waals surface area contributed by atoms with Gasteiger partial charge in [0.2, 0.25) is 0 Å². The minimum atomic E-state index is 0.281. The molecule has 0 fully saturated rings. The first-order valence-corrected chi connectivity index (χ1v) is 11.7. The Balaban J connectivity index is 0.000000757. The zero-order valence-corrected chi connectivity index (χ0v) is 19.4. The van der Waals surface area contributed by atoms with Gasteiger partial charge < -0.3 is 15.1 Å². The lowest BCUT2D eigenvalue weighted by atomic mass is 10.2. The van der Waals surface area contributed by atoms with Gasteiger partial charge in [-0.2, -0.15) is 0 Å². The average molecular weight is 442 g/mol. The molecule has 2 N–H and O–H groups in total. The van der Waals surface area contributed by atoms with E-state index >= 15 is 0 Å². The first kappa shape index (κ1) is 23.9. The van der Waals surface area contributed by atoms with E-state index < -0.39 is 0 Å². The van der Waals surface area contributed by atoms with Crippen molar-refractivity contribution in [2.24, 2.45) is 5.73 Å². The van der Waals surface area contributed by atoms with Crippen molar-refractivity contribution in [3.05, 3.63) is 64.6 Å². The lowest BCUT2D eigenvalue weighted by Crippen LogP contribution is -2.05. The number of benzene rings is 2. The first-order chi connectivity index (χ1) is 14.6. The van der Waals surface area contributed by atoms with Crippen molar-refractivity contribution in [1.82, 2.24) is 9.55 Å². The van der Waals surface area contributed by atoms with E-state index in [2.05, 4.69) is 65.5 Å². The summed E-state index contributed by atoms with van der Waals surface area (Å²) < 4.78 is 2.16. The topological polar surface area (TPSA) is 78.0 Å². The van der Waals surface area contributed by atoms with Crippen molar-refractivity contribution in [2.45, 2.75) is 32.5 Å². The molecule has 0 aliphatic carbocycles. The third-order valence-electron chi connectivity index (χ3n) is 4.51. The molecule has 1 atom stereocenters. The van der Waals surface area contributed by atoms with Gasteiger partial charge in [-0.25, -0.2) is 4.98 Å². The number of rotatable bonds is 6. The van der Waals surface area contributed by atoms with Crippen LogP contribution in [0.2, 0.25) is 0 Å². The number of carbonyl (C=O) groups is 2. The third-order valence-corrected chi connectivity index (χ3v) is 7.17. The molecule has 158 valence electrons. The second-order valence-electron chi connectivity index (χ2n) is 6.72. The van der Waals surface area contributed by atoms with E-state index in [1.807, 2.05) is 25.1 Å². The normalized spacial score (nSPS) is 10.8. The Labute approximate surface area is 183 Å². The number of carbonyl (C=O) groups excluding carboxylic acids is 2. The largest absolute Gasteiger partial charge is 0.333 e. The third kappa shape index (κ3) is 5.39. The number of nitrogens with two attached hydrogens (primary N) is 1. The molecule has 30 heavy (non-hydrogen) atoms. The van der Waals surface area contributed by atoms with Crippen LogP contribution in [0.15, 0.2) is 54.7 Å². The molecule has 0 saturated heterocycles. The number of para-hydroxylation sites is 2. The standard InChI is InChI=1S/C21H21N2OPS.CH5N.CH2O/c1-14(2)21-22-11-15(26-21)13-25-20(24)12-23-18-9-5-3-7-16(18)17-8-4-6-10-19(17)23;2*1-2/h3-11,14,25H,12-13H2,1-2H3;2H2,1H3;1H2. The summed E-state index contributed by atoms with van der Waals surface area (Å²) in [5.41, 5.74) is 7.05. The molecule has 0 saturated carbocycles. The molecule has 0 spiro atoms. The van der Waals surface area contributed by atoms with E-state index in [-0.39, 0.29) is 14.1 Å². The quantitative estimate of drug-likeness (QED) is 0.419. The van der Waals surface area contributed by atoms with E-state index in [4.69, 9.17) is 4.79 Å². The summed E-state index contributed by atoms with van der Waals surface area (Å²) in [7, 11) is 1.78. The van der Waals surface area contributed by atoms with E-state index in [1.54, 1.807) is 11.3 Å². The molecule has 0 aliphatic rings. The molecule has 0 bridgehead atoms. The Morgan fingerprint density at radius 3 is 2.10 bits per heavy atom. The zero-order valence-electron chi connectivity index (χ0n) is 17.6. The molecule has 2 aromatic carbocycles. The summed E-state index contributed by atoms with van der Waals surface area (Å²) in [4.78, 5) is 26.4. The highest BCUT2D eigenvalue weighted by atomic mass is 32.1. The van der Waals surface area contributed by atoms with Crippen LogP contribution in [0.4, 0.5) is 0 Å². The van der Waals surface area contributed by atoms with Crippen LogP contribution in [-0.2, 0) is 22.3 Å². The zero-order chi connectivity index (χ0) is 22.1. The molecule has 2 heterocycles. The van der Waals surface area contributed by atoms with Crippen LogP contribution < -0.4 is 5.73 Å². The maximum absolute atomic E-state index is 12.7. The van der Waals surface area contributed by atoms with Crippen molar-refractivity contribution in [3.63, 3.8) is 0 Å². The lowest BCUT2D eigenvalue weighted by molar-refractivity contribution is -0.111. The van der Waals surface area contributed by atoms with E-state index in [1.165, 1.54) is 22.7 Å². The highest BCUT2D eigenvalue weighted by molar-refractivity contribution is 7.57. The highest BCUT2D eigenvalue weighted by Crippen LogP contribution is 2.31. The van der Waals surface area contributed by atoms with Crippen LogP contribution in [0.25, 0.3) is 21.8 Å². The average Bonchev–Trinajstić information content (AvgIpc) is 3.39. The maximum atomic E-state index is 12.7. The van der Waals surface area contributed by atoms with Crippen LogP contribution in [0.1, 0.15) is 29.7 Å². The monoisotopic (exact) mass is 441 g/mol. The van der Waals surface area contributed by atoms with Gasteiger partial charge in [0.05, 0.1) is 11.6 Å². The molecule has 2 aromatic heterocycles. The van der Waals surface area contributed by atoms with Crippen molar-refractivity contribution < 1.29 is 9.59 Å². The van der Waals surface area contributed by atoms with Gasteiger partial charge in [-0.15, -0.1) is 11.3 Å². The fourth-order valence-corrected chi connectivity index (χ4v) is 5.18. The summed E-state index contributed by atoms with van der Waals surface area (Å²) in [5.74, 6) is 0.449.